The molecule has 0 spiro atoms. The summed E-state index contributed by atoms with van der Waals surface area (Å²) in [6.45, 7) is 3.79. The van der Waals surface area contributed by atoms with E-state index in [0.29, 0.717) is 12.5 Å². The summed E-state index contributed by atoms with van der Waals surface area (Å²) in [5.41, 5.74) is -0.243. The average molecular weight is 287 g/mol. The van der Waals surface area contributed by atoms with Crippen molar-refractivity contribution in [2.24, 2.45) is 11.8 Å². The number of aromatic carboxylic acids is 1. The molecule has 1 heterocycles. The Kier molecular flexibility index (Phi) is 3.64. The zero-order chi connectivity index (χ0) is 14.2. The van der Waals surface area contributed by atoms with Crippen LogP contribution < -0.4 is 4.72 Å². The van der Waals surface area contributed by atoms with E-state index in [4.69, 9.17) is 5.11 Å². The lowest BCUT2D eigenvalue weighted by Gasteiger charge is -2.11. The van der Waals surface area contributed by atoms with Crippen LogP contribution in [0.5, 0.6) is 0 Å². The minimum atomic E-state index is -3.85. The normalized spacial score (nSPS) is 17.4. The molecule has 1 atom stereocenters. The second kappa shape index (κ2) is 4.93. The maximum absolute atomic E-state index is 12.2. The molecule has 1 aromatic rings. The van der Waals surface area contributed by atoms with Gasteiger partial charge in [0.1, 0.15) is 4.90 Å². The minimum Gasteiger partial charge on any atom is -0.476 e. The van der Waals surface area contributed by atoms with Crippen LogP contribution in [0.15, 0.2) is 4.90 Å². The van der Waals surface area contributed by atoms with Crippen LogP contribution in [0, 0.1) is 18.8 Å². The van der Waals surface area contributed by atoms with Gasteiger partial charge in [0, 0.05) is 6.54 Å². The fraction of sp³-hybridized carbons (Fsp3) is 0.636. The SMILES string of the molecule is Cc1[nH]nc(C(=O)O)c1S(=O)(=O)NCC(C)C1CC1. The highest BCUT2D eigenvalue weighted by Crippen LogP contribution is 2.36. The van der Waals surface area contributed by atoms with Gasteiger partial charge in [0.25, 0.3) is 0 Å². The molecule has 1 saturated carbocycles. The molecule has 8 heteroatoms. The third-order valence-corrected chi connectivity index (χ3v) is 4.97. The summed E-state index contributed by atoms with van der Waals surface area (Å²) in [6.07, 6.45) is 2.27. The van der Waals surface area contributed by atoms with Crippen molar-refractivity contribution >= 4 is 16.0 Å². The number of rotatable bonds is 6. The van der Waals surface area contributed by atoms with E-state index >= 15 is 0 Å². The molecule has 3 N–H and O–H groups in total. The molecule has 1 aliphatic carbocycles. The predicted molar refractivity (Wildman–Crippen MR) is 67.4 cm³/mol. The summed E-state index contributed by atoms with van der Waals surface area (Å²) in [5, 5.41) is 14.9. The van der Waals surface area contributed by atoms with Crippen molar-refractivity contribution in [2.75, 3.05) is 6.54 Å². The summed E-state index contributed by atoms with van der Waals surface area (Å²) >= 11 is 0. The summed E-state index contributed by atoms with van der Waals surface area (Å²) in [5.74, 6) is -0.526. The number of sulfonamides is 1. The highest BCUT2D eigenvalue weighted by atomic mass is 32.2. The van der Waals surface area contributed by atoms with E-state index in [0.717, 1.165) is 12.8 Å². The second-order valence-electron chi connectivity index (χ2n) is 5.00. The number of carbonyl (C=O) groups is 1. The maximum atomic E-state index is 12.2. The maximum Gasteiger partial charge on any atom is 0.357 e. The number of aryl methyl sites for hydroxylation is 1. The minimum absolute atomic E-state index is 0.226. The Morgan fingerprint density at radius 1 is 1.58 bits per heavy atom. The van der Waals surface area contributed by atoms with E-state index in [1.54, 1.807) is 0 Å². The van der Waals surface area contributed by atoms with Crippen molar-refractivity contribution in [3.8, 4) is 0 Å². The summed E-state index contributed by atoms with van der Waals surface area (Å²) in [7, 11) is -3.85. The molecule has 19 heavy (non-hydrogen) atoms. The molecule has 0 aliphatic heterocycles. The molecule has 1 aliphatic rings. The molecule has 0 saturated heterocycles. The number of aromatic nitrogens is 2. The number of nitrogens with zero attached hydrogens (tertiary/aromatic N) is 1. The van der Waals surface area contributed by atoms with E-state index in [2.05, 4.69) is 14.9 Å². The van der Waals surface area contributed by atoms with Gasteiger partial charge in [-0.1, -0.05) is 6.92 Å². The zero-order valence-corrected chi connectivity index (χ0v) is 11.6. The van der Waals surface area contributed by atoms with Crippen molar-refractivity contribution < 1.29 is 18.3 Å². The molecule has 1 aromatic heterocycles. The van der Waals surface area contributed by atoms with Gasteiger partial charge in [-0.25, -0.2) is 17.9 Å². The lowest BCUT2D eigenvalue weighted by molar-refractivity contribution is 0.0686. The topological polar surface area (TPSA) is 112 Å². The van der Waals surface area contributed by atoms with Crippen molar-refractivity contribution in [1.82, 2.24) is 14.9 Å². The van der Waals surface area contributed by atoms with E-state index < -0.39 is 21.7 Å². The number of aromatic amines is 1. The largest absolute Gasteiger partial charge is 0.476 e. The van der Waals surface area contributed by atoms with Crippen molar-refractivity contribution in [3.05, 3.63) is 11.4 Å². The van der Waals surface area contributed by atoms with E-state index in [-0.39, 0.29) is 16.5 Å². The van der Waals surface area contributed by atoms with Crippen LogP contribution in [0.25, 0.3) is 0 Å². The Morgan fingerprint density at radius 3 is 2.74 bits per heavy atom. The first kappa shape index (κ1) is 14.0. The lowest BCUT2D eigenvalue weighted by Crippen LogP contribution is -2.30. The third-order valence-electron chi connectivity index (χ3n) is 3.38. The van der Waals surface area contributed by atoms with Gasteiger partial charge >= 0.3 is 5.97 Å². The Balaban J connectivity index is 2.18. The van der Waals surface area contributed by atoms with Crippen molar-refractivity contribution in [2.45, 2.75) is 31.6 Å². The van der Waals surface area contributed by atoms with E-state index in [1.807, 2.05) is 6.92 Å². The first-order valence-corrected chi connectivity index (χ1v) is 7.59. The molecule has 0 radical (unpaired) electrons. The highest BCUT2D eigenvalue weighted by molar-refractivity contribution is 7.89. The van der Waals surface area contributed by atoms with Crippen LogP contribution in [0.3, 0.4) is 0 Å². The Bertz CT molecular complexity index is 589. The molecular weight excluding hydrogens is 270 g/mol. The van der Waals surface area contributed by atoms with Crippen molar-refractivity contribution in [1.29, 1.82) is 0 Å². The number of hydrogen-bond acceptors (Lipinski definition) is 4. The fourth-order valence-corrected chi connectivity index (χ4v) is 3.50. The molecule has 7 nitrogen and oxygen atoms in total. The molecule has 0 amide bonds. The van der Waals surface area contributed by atoms with Crippen LogP contribution in [0.1, 0.15) is 35.9 Å². The van der Waals surface area contributed by atoms with Crippen LogP contribution in [0.2, 0.25) is 0 Å². The quantitative estimate of drug-likeness (QED) is 0.714. The molecule has 106 valence electrons. The van der Waals surface area contributed by atoms with Gasteiger partial charge < -0.3 is 5.11 Å². The summed E-state index contributed by atoms with van der Waals surface area (Å²) < 4.78 is 26.8. The van der Waals surface area contributed by atoms with Gasteiger partial charge in [0.15, 0.2) is 5.69 Å². The smallest absolute Gasteiger partial charge is 0.357 e. The molecular formula is C11H17N3O4S. The summed E-state index contributed by atoms with van der Waals surface area (Å²) in [4.78, 5) is 10.7. The van der Waals surface area contributed by atoms with Gasteiger partial charge in [-0.05, 0) is 31.6 Å². The number of nitrogens with one attached hydrogen (secondary N) is 2. The molecule has 0 aromatic carbocycles. The van der Waals surface area contributed by atoms with Gasteiger partial charge in [-0.2, -0.15) is 5.10 Å². The number of hydrogen-bond donors (Lipinski definition) is 3. The van der Waals surface area contributed by atoms with Gasteiger partial charge in [0.05, 0.1) is 5.69 Å². The Hall–Kier alpha value is -1.41. The zero-order valence-electron chi connectivity index (χ0n) is 10.8. The standard InChI is InChI=1S/C11H17N3O4S/c1-6(8-3-4-8)5-12-19(17,18)10-7(2)13-14-9(10)11(15)16/h6,8,12H,3-5H2,1-2H3,(H,13,14)(H,15,16). The molecule has 1 fully saturated rings. The van der Waals surface area contributed by atoms with E-state index in [9.17, 15) is 13.2 Å². The van der Waals surface area contributed by atoms with Crippen LogP contribution >= 0.6 is 0 Å². The lowest BCUT2D eigenvalue weighted by atomic mass is 10.1. The van der Waals surface area contributed by atoms with Gasteiger partial charge in [-0.3, -0.25) is 5.10 Å². The molecule has 1 unspecified atom stereocenters. The monoisotopic (exact) mass is 287 g/mol. The average Bonchev–Trinajstić information content (AvgIpc) is 3.08. The Labute approximate surface area is 111 Å². The number of carboxylic acids is 1. The Morgan fingerprint density at radius 2 is 2.21 bits per heavy atom. The van der Waals surface area contributed by atoms with E-state index in [1.165, 1.54) is 6.92 Å². The molecule has 2 rings (SSSR count). The third kappa shape index (κ3) is 2.95. The first-order valence-electron chi connectivity index (χ1n) is 6.11. The van der Waals surface area contributed by atoms with Crippen molar-refractivity contribution in [3.63, 3.8) is 0 Å². The molecule has 0 bridgehead atoms. The van der Waals surface area contributed by atoms with Gasteiger partial charge in [-0.15, -0.1) is 0 Å². The van der Waals surface area contributed by atoms with Crippen LogP contribution in [-0.2, 0) is 10.0 Å². The number of H-pyrrole nitrogens is 1. The number of carboxylic acid groups (broad SMARTS) is 1. The van der Waals surface area contributed by atoms with Gasteiger partial charge in [0.2, 0.25) is 10.0 Å². The fourth-order valence-electron chi connectivity index (χ4n) is 2.04. The predicted octanol–water partition coefficient (Wildman–Crippen LogP) is 0.741. The highest BCUT2D eigenvalue weighted by Gasteiger charge is 2.31. The first-order chi connectivity index (χ1) is 8.83. The second-order valence-corrected chi connectivity index (χ2v) is 6.70. The van der Waals surface area contributed by atoms with Crippen LogP contribution in [-0.4, -0.2) is 36.2 Å². The van der Waals surface area contributed by atoms with Crippen LogP contribution in [0.4, 0.5) is 0 Å². The summed E-state index contributed by atoms with van der Waals surface area (Å²) in [6, 6.07) is 0.